The molecule has 4 heteroatoms. The van der Waals surface area contributed by atoms with Gasteiger partial charge in [0.25, 0.3) is 0 Å². The molecule has 4 nitrogen and oxygen atoms in total. The van der Waals surface area contributed by atoms with Crippen molar-refractivity contribution < 1.29 is 4.79 Å². The van der Waals surface area contributed by atoms with E-state index in [9.17, 15) is 4.79 Å². The van der Waals surface area contributed by atoms with Crippen molar-refractivity contribution in [1.82, 2.24) is 14.8 Å². The molecule has 4 aliphatic rings. The minimum atomic E-state index is 0.192. The summed E-state index contributed by atoms with van der Waals surface area (Å²) in [5.41, 5.74) is 1.63. The lowest BCUT2D eigenvalue weighted by Crippen LogP contribution is -2.53. The van der Waals surface area contributed by atoms with E-state index >= 15 is 0 Å². The predicted octanol–water partition coefficient (Wildman–Crippen LogP) is 6.30. The molecule has 2 aromatic heterocycles. The van der Waals surface area contributed by atoms with Gasteiger partial charge in [0.1, 0.15) is 5.52 Å². The number of carbonyl (C=O) groups is 1. The Kier molecular flexibility index (Phi) is 4.82. The summed E-state index contributed by atoms with van der Waals surface area (Å²) in [7, 11) is 0. The first-order chi connectivity index (χ1) is 15.4. The van der Waals surface area contributed by atoms with Gasteiger partial charge in [0.05, 0.1) is 12.7 Å². The van der Waals surface area contributed by atoms with Gasteiger partial charge in [-0.05, 0) is 97.9 Å². The Morgan fingerprint density at radius 1 is 1.06 bits per heavy atom. The van der Waals surface area contributed by atoms with Crippen LogP contribution >= 0.6 is 0 Å². The molecular formula is C28H39N3O. The molecule has 8 atom stereocenters. The second kappa shape index (κ2) is 7.40. The molecule has 4 saturated carbocycles. The number of carbonyl (C=O) groups excluding carboxylic acids is 1. The molecule has 0 amide bonds. The normalized spacial score (nSPS) is 43.5. The second-order valence-electron chi connectivity index (χ2n) is 12.4. The SMILES string of the molecule is CC1CC[C@@]2(C)C(CCC3C2CC[C@@]2(C)C3CC[C@@H]2C(=O)Cn2cc3ccncc3n2)C1. The van der Waals surface area contributed by atoms with Crippen molar-refractivity contribution in [2.45, 2.75) is 85.1 Å². The summed E-state index contributed by atoms with van der Waals surface area (Å²) in [4.78, 5) is 17.7. The Morgan fingerprint density at radius 3 is 2.72 bits per heavy atom. The van der Waals surface area contributed by atoms with E-state index in [0.29, 0.717) is 17.7 Å². The molecule has 5 unspecified atom stereocenters. The lowest BCUT2D eigenvalue weighted by atomic mass is 9.44. The standard InChI is InChI=1S/C28H39N3O/c1-18-8-11-27(2)20(14-18)4-5-21-22-6-7-24(28(22,3)12-9-23(21)27)26(32)17-31-16-19-10-13-29-15-25(19)30-31/h10,13,15-16,18,20-24H,4-9,11-12,14,17H2,1-3H3/t18?,20?,21?,22?,23?,24-,27+,28+/m1/s1. The van der Waals surface area contributed by atoms with E-state index in [1.807, 2.05) is 16.9 Å². The molecule has 0 bridgehead atoms. The maximum Gasteiger partial charge on any atom is 0.157 e. The van der Waals surface area contributed by atoms with Crippen LogP contribution in [0.25, 0.3) is 10.9 Å². The summed E-state index contributed by atoms with van der Waals surface area (Å²) in [6, 6.07) is 1.97. The minimum absolute atomic E-state index is 0.192. The molecule has 2 heterocycles. The number of hydrogen-bond donors (Lipinski definition) is 0. The van der Waals surface area contributed by atoms with Crippen LogP contribution in [0.4, 0.5) is 0 Å². The Balaban J connectivity index is 1.21. The van der Waals surface area contributed by atoms with E-state index in [0.717, 1.165) is 46.9 Å². The number of hydrogen-bond acceptors (Lipinski definition) is 3. The highest BCUT2D eigenvalue weighted by Crippen LogP contribution is 2.67. The summed E-state index contributed by atoms with van der Waals surface area (Å²) in [5, 5.41) is 5.68. The van der Waals surface area contributed by atoms with Crippen molar-refractivity contribution in [2.24, 2.45) is 46.3 Å². The number of nitrogens with zero attached hydrogens (tertiary/aromatic N) is 3. The molecular weight excluding hydrogens is 394 g/mol. The average molecular weight is 434 g/mol. The monoisotopic (exact) mass is 433 g/mol. The van der Waals surface area contributed by atoms with Gasteiger partial charge in [-0.15, -0.1) is 0 Å². The van der Waals surface area contributed by atoms with Gasteiger partial charge in [-0.1, -0.05) is 27.2 Å². The molecule has 0 spiro atoms. The van der Waals surface area contributed by atoms with Crippen LogP contribution in [0.3, 0.4) is 0 Å². The maximum absolute atomic E-state index is 13.6. The Hall–Kier alpha value is -1.71. The summed E-state index contributed by atoms with van der Waals surface area (Å²) < 4.78 is 1.85. The van der Waals surface area contributed by atoms with E-state index in [2.05, 4.69) is 30.9 Å². The third-order valence-electron chi connectivity index (χ3n) is 11.0. The van der Waals surface area contributed by atoms with Crippen molar-refractivity contribution in [2.75, 3.05) is 0 Å². The zero-order chi connectivity index (χ0) is 22.1. The van der Waals surface area contributed by atoms with Gasteiger partial charge in [0.15, 0.2) is 5.78 Å². The van der Waals surface area contributed by atoms with Crippen LogP contribution in [0.2, 0.25) is 0 Å². The van der Waals surface area contributed by atoms with Crippen LogP contribution in [-0.2, 0) is 11.3 Å². The van der Waals surface area contributed by atoms with Crippen molar-refractivity contribution in [3.63, 3.8) is 0 Å². The van der Waals surface area contributed by atoms with Crippen molar-refractivity contribution in [3.8, 4) is 0 Å². The number of aromatic nitrogens is 3. The van der Waals surface area contributed by atoms with Gasteiger partial charge in [-0.3, -0.25) is 14.5 Å². The lowest BCUT2D eigenvalue weighted by Gasteiger charge is -2.61. The molecule has 4 fully saturated rings. The quantitative estimate of drug-likeness (QED) is 0.571. The Labute approximate surface area is 192 Å². The second-order valence-corrected chi connectivity index (χ2v) is 12.4. The van der Waals surface area contributed by atoms with E-state index < -0.39 is 0 Å². The van der Waals surface area contributed by atoms with Crippen molar-refractivity contribution in [3.05, 3.63) is 24.7 Å². The number of pyridine rings is 1. The van der Waals surface area contributed by atoms with Crippen LogP contribution in [0, 0.1) is 46.3 Å². The van der Waals surface area contributed by atoms with Crippen LogP contribution < -0.4 is 0 Å². The smallest absolute Gasteiger partial charge is 0.157 e. The van der Waals surface area contributed by atoms with Gasteiger partial charge >= 0.3 is 0 Å². The number of rotatable bonds is 3. The van der Waals surface area contributed by atoms with E-state index in [1.165, 1.54) is 51.4 Å². The lowest BCUT2D eigenvalue weighted by molar-refractivity contribution is -0.137. The fourth-order valence-corrected chi connectivity index (χ4v) is 9.27. The first-order valence-corrected chi connectivity index (χ1v) is 13.2. The average Bonchev–Trinajstić information content (AvgIpc) is 3.34. The van der Waals surface area contributed by atoms with E-state index in [4.69, 9.17) is 0 Å². The van der Waals surface area contributed by atoms with Crippen LogP contribution in [0.5, 0.6) is 0 Å². The van der Waals surface area contributed by atoms with Crippen molar-refractivity contribution >= 4 is 16.7 Å². The third kappa shape index (κ3) is 3.04. The van der Waals surface area contributed by atoms with Gasteiger partial charge in [-0.25, -0.2) is 0 Å². The largest absolute Gasteiger partial charge is 0.297 e. The van der Waals surface area contributed by atoms with Crippen LogP contribution in [0.15, 0.2) is 24.7 Å². The third-order valence-corrected chi connectivity index (χ3v) is 11.0. The molecule has 6 rings (SSSR count). The fraction of sp³-hybridized carbons (Fsp3) is 0.750. The van der Waals surface area contributed by atoms with Gasteiger partial charge < -0.3 is 0 Å². The predicted molar refractivity (Wildman–Crippen MR) is 127 cm³/mol. The highest BCUT2D eigenvalue weighted by Gasteiger charge is 2.60. The zero-order valence-corrected chi connectivity index (χ0v) is 20.1. The van der Waals surface area contributed by atoms with Gasteiger partial charge in [-0.2, -0.15) is 5.10 Å². The fourth-order valence-electron chi connectivity index (χ4n) is 9.27. The van der Waals surface area contributed by atoms with E-state index in [-0.39, 0.29) is 11.3 Å². The summed E-state index contributed by atoms with van der Waals surface area (Å²) in [6.07, 6.45) is 17.7. The van der Waals surface area contributed by atoms with Crippen LogP contribution in [0.1, 0.15) is 78.6 Å². The minimum Gasteiger partial charge on any atom is -0.297 e. The van der Waals surface area contributed by atoms with E-state index in [1.54, 1.807) is 12.4 Å². The van der Waals surface area contributed by atoms with Crippen LogP contribution in [-0.4, -0.2) is 20.5 Å². The topological polar surface area (TPSA) is 47.8 Å². The van der Waals surface area contributed by atoms with Crippen molar-refractivity contribution in [1.29, 1.82) is 0 Å². The first-order valence-electron chi connectivity index (χ1n) is 13.2. The highest BCUT2D eigenvalue weighted by molar-refractivity contribution is 5.83. The molecule has 2 aromatic rings. The number of fused-ring (bicyclic) bond motifs is 6. The Bertz CT molecular complexity index is 996. The zero-order valence-electron chi connectivity index (χ0n) is 20.1. The first kappa shape index (κ1) is 20.9. The molecule has 0 N–H and O–H groups in total. The molecule has 0 aliphatic heterocycles. The number of ketones is 1. The molecule has 32 heavy (non-hydrogen) atoms. The molecule has 0 radical (unpaired) electrons. The molecule has 0 aromatic carbocycles. The van der Waals surface area contributed by atoms with Gasteiger partial charge in [0, 0.05) is 23.7 Å². The highest BCUT2D eigenvalue weighted by atomic mass is 16.1. The summed E-state index contributed by atoms with van der Waals surface area (Å²) >= 11 is 0. The molecule has 4 aliphatic carbocycles. The Morgan fingerprint density at radius 2 is 1.88 bits per heavy atom. The molecule has 0 saturated heterocycles. The number of Topliss-reactive ketones (excluding diaryl/α,β-unsaturated/α-hetero) is 1. The van der Waals surface area contributed by atoms with Gasteiger partial charge in [0.2, 0.25) is 0 Å². The summed E-state index contributed by atoms with van der Waals surface area (Å²) in [6.45, 7) is 8.01. The maximum atomic E-state index is 13.6. The molecule has 172 valence electrons. The summed E-state index contributed by atoms with van der Waals surface area (Å²) in [5.74, 6) is 4.95.